The molecule has 0 aromatic heterocycles. The van der Waals surface area contributed by atoms with Crippen molar-refractivity contribution in [2.45, 2.75) is 32.5 Å². The number of hydrogen-bond donors (Lipinski definition) is 0. The molecule has 0 aromatic rings. The highest BCUT2D eigenvalue weighted by Crippen LogP contribution is 2.20. The van der Waals surface area contributed by atoms with Gasteiger partial charge >= 0.3 is 23.9 Å². The summed E-state index contributed by atoms with van der Waals surface area (Å²) in [5.74, 6) is -4.47. The van der Waals surface area contributed by atoms with Crippen LogP contribution in [0.25, 0.3) is 0 Å². The predicted octanol–water partition coefficient (Wildman–Crippen LogP) is 0.142. The summed E-state index contributed by atoms with van der Waals surface area (Å²) in [7, 11) is 0. The lowest BCUT2D eigenvalue weighted by atomic mass is 10.1. The van der Waals surface area contributed by atoms with Crippen LogP contribution in [0.2, 0.25) is 0 Å². The Balaban J connectivity index is 2.56. The van der Waals surface area contributed by atoms with E-state index in [1.54, 1.807) is 20.8 Å². The van der Waals surface area contributed by atoms with E-state index in [1.165, 1.54) is 0 Å². The van der Waals surface area contributed by atoms with Crippen LogP contribution in [0, 0.1) is 5.92 Å². The lowest BCUT2D eigenvalue weighted by molar-refractivity contribution is -0.171. The first-order chi connectivity index (χ1) is 10.1. The zero-order valence-corrected chi connectivity index (χ0v) is 12.6. The Hall–Kier alpha value is -2.38. The molecule has 1 fully saturated rings. The van der Waals surface area contributed by atoms with Crippen LogP contribution in [-0.2, 0) is 38.1 Å². The number of carbonyl (C=O) groups is 4. The summed E-state index contributed by atoms with van der Waals surface area (Å²) in [6.07, 6.45) is -0.550. The maximum atomic E-state index is 11.9. The molecular formula is C14H18O8. The van der Waals surface area contributed by atoms with Crippen molar-refractivity contribution in [1.29, 1.82) is 0 Å². The molecule has 1 aliphatic rings. The van der Waals surface area contributed by atoms with Crippen LogP contribution in [0.5, 0.6) is 0 Å². The fourth-order valence-electron chi connectivity index (χ4n) is 1.61. The van der Waals surface area contributed by atoms with Crippen LogP contribution in [0.15, 0.2) is 12.7 Å². The quantitative estimate of drug-likeness (QED) is 0.401. The summed E-state index contributed by atoms with van der Waals surface area (Å²) < 4.78 is 19.1. The minimum absolute atomic E-state index is 0.291. The maximum absolute atomic E-state index is 11.9. The molecule has 22 heavy (non-hydrogen) atoms. The first-order valence-corrected chi connectivity index (χ1v) is 6.52. The highest BCUT2D eigenvalue weighted by Gasteiger charge is 2.45. The Morgan fingerprint density at radius 3 is 2.55 bits per heavy atom. The van der Waals surface area contributed by atoms with Crippen LogP contribution in [0.1, 0.15) is 20.8 Å². The molecule has 0 bridgehead atoms. The van der Waals surface area contributed by atoms with Crippen molar-refractivity contribution in [3.63, 3.8) is 0 Å². The second-order valence-corrected chi connectivity index (χ2v) is 5.49. The van der Waals surface area contributed by atoms with E-state index < -0.39 is 48.1 Å². The van der Waals surface area contributed by atoms with Crippen molar-refractivity contribution in [2.75, 3.05) is 13.2 Å². The summed E-state index contributed by atoms with van der Waals surface area (Å²) >= 11 is 0. The van der Waals surface area contributed by atoms with E-state index in [0.717, 1.165) is 6.08 Å². The van der Waals surface area contributed by atoms with Crippen LogP contribution in [0.4, 0.5) is 0 Å². The van der Waals surface area contributed by atoms with Crippen molar-refractivity contribution in [3.8, 4) is 0 Å². The van der Waals surface area contributed by atoms with E-state index in [4.69, 9.17) is 14.2 Å². The van der Waals surface area contributed by atoms with Gasteiger partial charge < -0.3 is 18.9 Å². The Morgan fingerprint density at radius 1 is 1.36 bits per heavy atom. The first-order valence-electron chi connectivity index (χ1n) is 6.52. The van der Waals surface area contributed by atoms with Gasteiger partial charge in [-0.2, -0.15) is 0 Å². The SMILES string of the molecule is C=CC(=O)OC1C(=O)OCC1C(=O)OCC(=O)OC(C)(C)C. The van der Waals surface area contributed by atoms with Gasteiger partial charge in [-0.1, -0.05) is 6.58 Å². The van der Waals surface area contributed by atoms with Crippen molar-refractivity contribution in [3.05, 3.63) is 12.7 Å². The lowest BCUT2D eigenvalue weighted by Gasteiger charge is -2.20. The lowest BCUT2D eigenvalue weighted by Crippen LogP contribution is -2.35. The van der Waals surface area contributed by atoms with Crippen molar-refractivity contribution >= 4 is 23.9 Å². The Labute approximate surface area is 127 Å². The Bertz CT molecular complexity index is 488. The van der Waals surface area contributed by atoms with Gasteiger partial charge in [0.25, 0.3) is 0 Å². The van der Waals surface area contributed by atoms with Crippen LogP contribution in [0.3, 0.4) is 0 Å². The maximum Gasteiger partial charge on any atom is 0.348 e. The van der Waals surface area contributed by atoms with Crippen LogP contribution < -0.4 is 0 Å². The average Bonchev–Trinajstić information content (AvgIpc) is 2.75. The molecule has 0 radical (unpaired) electrons. The molecule has 0 N–H and O–H groups in total. The number of carbonyl (C=O) groups excluding carboxylic acids is 4. The molecule has 1 rings (SSSR count). The molecule has 0 aromatic carbocycles. The highest BCUT2D eigenvalue weighted by molar-refractivity contribution is 5.91. The molecule has 2 unspecified atom stereocenters. The molecule has 8 heteroatoms. The number of hydrogen-bond acceptors (Lipinski definition) is 8. The van der Waals surface area contributed by atoms with E-state index in [0.29, 0.717) is 0 Å². The van der Waals surface area contributed by atoms with Crippen molar-refractivity contribution < 1.29 is 38.1 Å². The highest BCUT2D eigenvalue weighted by atomic mass is 16.6. The van der Waals surface area contributed by atoms with Gasteiger partial charge in [-0.05, 0) is 20.8 Å². The summed E-state index contributed by atoms with van der Waals surface area (Å²) in [5.41, 5.74) is -0.710. The summed E-state index contributed by atoms with van der Waals surface area (Å²) in [4.78, 5) is 45.9. The van der Waals surface area contributed by atoms with Gasteiger partial charge in [-0.3, -0.25) is 4.79 Å². The molecule has 1 heterocycles. The fraction of sp³-hybridized carbons (Fsp3) is 0.571. The third-order valence-corrected chi connectivity index (χ3v) is 2.47. The molecular weight excluding hydrogens is 296 g/mol. The molecule has 2 atom stereocenters. The van der Waals surface area contributed by atoms with E-state index in [9.17, 15) is 19.2 Å². The van der Waals surface area contributed by atoms with Gasteiger partial charge in [0.2, 0.25) is 6.10 Å². The minimum Gasteiger partial charge on any atom is -0.462 e. The average molecular weight is 314 g/mol. The molecule has 1 saturated heterocycles. The number of rotatable bonds is 5. The molecule has 0 amide bonds. The second-order valence-electron chi connectivity index (χ2n) is 5.49. The molecule has 8 nitrogen and oxygen atoms in total. The number of cyclic esters (lactones) is 1. The third-order valence-electron chi connectivity index (χ3n) is 2.47. The second kappa shape index (κ2) is 7.06. The molecule has 122 valence electrons. The molecule has 0 spiro atoms. The smallest absolute Gasteiger partial charge is 0.348 e. The number of ether oxygens (including phenoxy) is 4. The summed E-state index contributed by atoms with van der Waals surface area (Å²) in [5, 5.41) is 0. The Kier molecular flexibility index (Phi) is 5.67. The van der Waals surface area contributed by atoms with E-state index in [1.807, 2.05) is 0 Å². The zero-order chi connectivity index (χ0) is 16.9. The standard InChI is InChI=1S/C14H18O8/c1-5-9(15)21-11-8(6-19-13(11)18)12(17)20-7-10(16)22-14(2,3)4/h5,8,11H,1,6-7H2,2-4H3. The van der Waals surface area contributed by atoms with Crippen molar-refractivity contribution in [2.24, 2.45) is 5.92 Å². The predicted molar refractivity (Wildman–Crippen MR) is 71.3 cm³/mol. The Morgan fingerprint density at radius 2 is 2.00 bits per heavy atom. The van der Waals surface area contributed by atoms with Gasteiger partial charge in [0.05, 0.1) is 0 Å². The molecule has 0 saturated carbocycles. The molecule has 1 aliphatic heterocycles. The van der Waals surface area contributed by atoms with E-state index in [-0.39, 0.29) is 6.61 Å². The third kappa shape index (κ3) is 5.19. The monoisotopic (exact) mass is 314 g/mol. The van der Waals surface area contributed by atoms with E-state index in [2.05, 4.69) is 11.3 Å². The summed E-state index contributed by atoms with van der Waals surface area (Å²) in [6.45, 7) is 7.29. The first kappa shape index (κ1) is 17.7. The van der Waals surface area contributed by atoms with Crippen molar-refractivity contribution in [1.82, 2.24) is 0 Å². The fourth-order valence-corrected chi connectivity index (χ4v) is 1.61. The van der Waals surface area contributed by atoms with Gasteiger partial charge in [-0.15, -0.1) is 0 Å². The molecule has 0 aliphatic carbocycles. The minimum atomic E-state index is -1.41. The van der Waals surface area contributed by atoms with Gasteiger partial charge in [0.15, 0.2) is 6.61 Å². The number of esters is 4. The zero-order valence-electron chi connectivity index (χ0n) is 12.6. The normalized spacial score (nSPS) is 20.8. The van der Waals surface area contributed by atoms with Crippen LogP contribution >= 0.6 is 0 Å². The summed E-state index contributed by atoms with van der Waals surface area (Å²) in [6, 6.07) is 0. The van der Waals surface area contributed by atoms with Crippen LogP contribution in [-0.4, -0.2) is 48.8 Å². The topological polar surface area (TPSA) is 105 Å². The van der Waals surface area contributed by atoms with Gasteiger partial charge in [0, 0.05) is 6.08 Å². The largest absolute Gasteiger partial charge is 0.462 e. The van der Waals surface area contributed by atoms with Gasteiger partial charge in [-0.25, -0.2) is 14.4 Å². The van der Waals surface area contributed by atoms with Gasteiger partial charge in [0.1, 0.15) is 18.1 Å². The van der Waals surface area contributed by atoms with E-state index >= 15 is 0 Å².